The van der Waals surface area contributed by atoms with Crippen molar-refractivity contribution in [3.8, 4) is 11.4 Å². The van der Waals surface area contributed by atoms with Gasteiger partial charge in [0.05, 0.1) is 21.2 Å². The largest absolute Gasteiger partial charge is 0.417 e. The molecule has 208 valence electrons. The second-order valence-corrected chi connectivity index (χ2v) is 9.56. The fourth-order valence-electron chi connectivity index (χ4n) is 4.25. The van der Waals surface area contributed by atoms with E-state index in [0.29, 0.717) is 53.9 Å². The summed E-state index contributed by atoms with van der Waals surface area (Å²) in [6, 6.07) is 3.32. The smallest absolute Gasteiger partial charge is 0.355 e. The molecule has 0 radical (unpaired) electrons. The molecule has 1 fully saturated rings. The summed E-state index contributed by atoms with van der Waals surface area (Å²) in [7, 11) is 0. The van der Waals surface area contributed by atoms with E-state index in [2.05, 4.69) is 15.3 Å². The minimum absolute atomic E-state index is 0.355. The number of piperidine rings is 1. The van der Waals surface area contributed by atoms with Crippen LogP contribution >= 0.6 is 23.2 Å². The Balaban J connectivity index is 1.51. The minimum atomic E-state index is -5.09. The topological polar surface area (TPSA) is 91.0 Å². The minimum Gasteiger partial charge on any atom is -0.355 e. The first-order chi connectivity index (χ1) is 18.3. The lowest BCUT2D eigenvalue weighted by Crippen LogP contribution is -2.40. The van der Waals surface area contributed by atoms with Gasteiger partial charge in [-0.25, -0.2) is 23.1 Å². The van der Waals surface area contributed by atoms with Crippen molar-refractivity contribution in [2.45, 2.75) is 32.0 Å². The van der Waals surface area contributed by atoms with Crippen LogP contribution in [0.1, 0.15) is 36.1 Å². The highest BCUT2D eigenvalue weighted by atomic mass is 35.5. The Morgan fingerprint density at radius 1 is 1.18 bits per heavy atom. The number of amides is 1. The zero-order valence-electron chi connectivity index (χ0n) is 19.8. The number of anilines is 1. The number of nitrogens with one attached hydrogen (secondary N) is 2. The van der Waals surface area contributed by atoms with Crippen LogP contribution in [0.2, 0.25) is 10.0 Å². The van der Waals surface area contributed by atoms with Gasteiger partial charge < -0.3 is 15.2 Å². The van der Waals surface area contributed by atoms with Crippen molar-refractivity contribution >= 4 is 34.9 Å². The maximum absolute atomic E-state index is 15.4. The molecule has 0 aliphatic carbocycles. The number of rotatable bonds is 6. The Morgan fingerprint density at radius 2 is 1.87 bits per heavy atom. The molecule has 1 aliphatic heterocycles. The van der Waals surface area contributed by atoms with E-state index in [0.717, 1.165) is 6.07 Å². The Hall–Kier alpha value is -3.32. The molecule has 0 bridgehead atoms. The zero-order valence-corrected chi connectivity index (χ0v) is 21.3. The van der Waals surface area contributed by atoms with Gasteiger partial charge in [-0.05, 0) is 25.0 Å². The summed E-state index contributed by atoms with van der Waals surface area (Å²) in [5.74, 6) is -2.86. The monoisotopic (exact) mass is 593 g/mol. The number of nitrogens with zero attached hydrogens (tertiary/aromatic N) is 3. The van der Waals surface area contributed by atoms with Gasteiger partial charge in [0, 0.05) is 43.4 Å². The number of aromatic amines is 1. The summed E-state index contributed by atoms with van der Waals surface area (Å²) >= 11 is 12.1. The van der Waals surface area contributed by atoms with E-state index in [-0.39, 0.29) is 5.56 Å². The van der Waals surface area contributed by atoms with Crippen molar-refractivity contribution in [1.82, 2.24) is 20.3 Å². The highest BCUT2D eigenvalue weighted by molar-refractivity contribution is 6.36. The molecule has 3 aromatic rings. The van der Waals surface area contributed by atoms with Crippen LogP contribution in [0.15, 0.2) is 35.3 Å². The first-order valence-electron chi connectivity index (χ1n) is 11.5. The zero-order chi connectivity index (χ0) is 28.5. The average molecular weight is 594 g/mol. The molecular formula is C24H19Cl2F6N5O2. The number of pyridine rings is 1. The molecule has 0 spiro atoms. The molecule has 39 heavy (non-hydrogen) atoms. The van der Waals surface area contributed by atoms with Gasteiger partial charge >= 0.3 is 6.18 Å². The molecule has 1 amide bonds. The molecule has 15 heteroatoms. The maximum Gasteiger partial charge on any atom is 0.417 e. The third kappa shape index (κ3) is 6.47. The van der Waals surface area contributed by atoms with Gasteiger partial charge in [0.25, 0.3) is 12.0 Å². The number of hydrogen-bond acceptors (Lipinski definition) is 5. The second-order valence-electron chi connectivity index (χ2n) is 8.72. The predicted molar refractivity (Wildman–Crippen MR) is 131 cm³/mol. The van der Waals surface area contributed by atoms with Gasteiger partial charge in [0.2, 0.25) is 5.91 Å². The third-order valence-electron chi connectivity index (χ3n) is 6.16. The van der Waals surface area contributed by atoms with Crippen molar-refractivity contribution < 1.29 is 31.1 Å². The van der Waals surface area contributed by atoms with Crippen molar-refractivity contribution in [2.75, 3.05) is 18.0 Å². The molecule has 0 atom stereocenters. The lowest BCUT2D eigenvalue weighted by Gasteiger charge is -2.32. The maximum atomic E-state index is 15.4. The van der Waals surface area contributed by atoms with Crippen LogP contribution in [0, 0.1) is 11.7 Å². The van der Waals surface area contributed by atoms with Gasteiger partial charge in [0.15, 0.2) is 0 Å². The normalized spacial score (nSPS) is 14.6. The lowest BCUT2D eigenvalue weighted by molar-refractivity contribution is -0.137. The Kier molecular flexibility index (Phi) is 8.40. The molecule has 7 nitrogen and oxygen atoms in total. The molecule has 3 heterocycles. The molecular weight excluding hydrogens is 575 g/mol. The van der Waals surface area contributed by atoms with Gasteiger partial charge in [-0.1, -0.05) is 29.3 Å². The highest BCUT2D eigenvalue weighted by Crippen LogP contribution is 2.38. The van der Waals surface area contributed by atoms with E-state index in [9.17, 15) is 31.5 Å². The van der Waals surface area contributed by atoms with Crippen molar-refractivity contribution in [3.63, 3.8) is 0 Å². The van der Waals surface area contributed by atoms with E-state index in [1.165, 1.54) is 6.20 Å². The SMILES string of the molecule is O=C(NCc1ccc(C(F)(F)F)c(-c2nc(C(F)F)cc(=O)[nH]2)c1F)C1CCN(c2ncc(Cl)cc2Cl)CC1. The van der Waals surface area contributed by atoms with E-state index < -0.39 is 65.0 Å². The van der Waals surface area contributed by atoms with Gasteiger partial charge in [0.1, 0.15) is 23.2 Å². The van der Waals surface area contributed by atoms with E-state index >= 15 is 4.39 Å². The summed E-state index contributed by atoms with van der Waals surface area (Å²) < 4.78 is 82.5. The quantitative estimate of drug-likeness (QED) is 0.354. The number of hydrogen-bond donors (Lipinski definition) is 2. The summed E-state index contributed by atoms with van der Waals surface area (Å²) in [5.41, 5.74) is -5.36. The molecule has 1 aromatic carbocycles. The molecule has 2 aromatic heterocycles. The van der Waals surface area contributed by atoms with Crippen LogP contribution < -0.4 is 15.8 Å². The predicted octanol–water partition coefficient (Wildman–Crippen LogP) is 5.77. The summed E-state index contributed by atoms with van der Waals surface area (Å²) in [5, 5.41) is 3.24. The van der Waals surface area contributed by atoms with Gasteiger partial charge in [-0.3, -0.25) is 9.59 Å². The van der Waals surface area contributed by atoms with Crippen LogP contribution in [0.5, 0.6) is 0 Å². The number of carbonyl (C=O) groups is 1. The first kappa shape index (κ1) is 28.7. The molecule has 0 saturated carbocycles. The number of halogens is 8. The number of H-pyrrole nitrogens is 1. The van der Waals surface area contributed by atoms with Gasteiger partial charge in [-0.15, -0.1) is 0 Å². The molecule has 2 N–H and O–H groups in total. The summed E-state index contributed by atoms with van der Waals surface area (Å²) in [6.07, 6.45) is -6.11. The van der Waals surface area contributed by atoms with Crippen LogP contribution in [-0.4, -0.2) is 33.9 Å². The van der Waals surface area contributed by atoms with Crippen LogP contribution in [0.4, 0.5) is 32.2 Å². The Morgan fingerprint density at radius 3 is 2.49 bits per heavy atom. The van der Waals surface area contributed by atoms with Crippen molar-refractivity contribution in [2.24, 2.45) is 5.92 Å². The van der Waals surface area contributed by atoms with Crippen molar-refractivity contribution in [1.29, 1.82) is 0 Å². The van der Waals surface area contributed by atoms with E-state index in [1.807, 2.05) is 9.88 Å². The first-order valence-corrected chi connectivity index (χ1v) is 12.2. The van der Waals surface area contributed by atoms with Crippen LogP contribution in [-0.2, 0) is 17.5 Å². The second kappa shape index (κ2) is 11.4. The van der Waals surface area contributed by atoms with E-state index in [1.54, 1.807) is 6.07 Å². The lowest BCUT2D eigenvalue weighted by atomic mass is 9.95. The third-order valence-corrected chi connectivity index (χ3v) is 6.64. The molecule has 1 saturated heterocycles. The Labute approximate surface area is 227 Å². The number of benzene rings is 1. The Bertz CT molecular complexity index is 1440. The average Bonchev–Trinajstić information content (AvgIpc) is 2.86. The van der Waals surface area contributed by atoms with Crippen LogP contribution in [0.3, 0.4) is 0 Å². The number of aromatic nitrogens is 3. The molecule has 1 aliphatic rings. The summed E-state index contributed by atoms with van der Waals surface area (Å²) in [6.45, 7) is 0.384. The fraction of sp³-hybridized carbons (Fsp3) is 0.333. The molecule has 4 rings (SSSR count). The summed E-state index contributed by atoms with van der Waals surface area (Å²) in [4.78, 5) is 35.8. The van der Waals surface area contributed by atoms with Crippen LogP contribution in [0.25, 0.3) is 11.4 Å². The number of carbonyl (C=O) groups excluding carboxylic acids is 1. The van der Waals surface area contributed by atoms with Crippen molar-refractivity contribution in [3.05, 3.63) is 73.5 Å². The molecule has 0 unspecified atom stereocenters. The number of alkyl halides is 5. The van der Waals surface area contributed by atoms with Gasteiger partial charge in [-0.2, -0.15) is 13.2 Å². The fourth-order valence-corrected chi connectivity index (χ4v) is 4.75. The highest BCUT2D eigenvalue weighted by Gasteiger charge is 2.37. The standard InChI is InChI=1S/C24H19Cl2F6N5O2/c25-13-7-15(26)22(33-10-13)37-5-3-11(4-6-37)23(39)34-9-12-1-2-14(24(30,31)32)18(19(12)27)21-35-16(20(28)29)8-17(38)36-21/h1-2,7-8,10-11,20H,3-6,9H2,(H,34,39)(H,35,36,38). The van der Waals surface area contributed by atoms with E-state index in [4.69, 9.17) is 23.2 Å².